The highest BCUT2D eigenvalue weighted by Crippen LogP contribution is 2.29. The molecule has 2 aromatic rings. The van der Waals surface area contributed by atoms with Crippen molar-refractivity contribution in [3.8, 4) is 11.5 Å². The van der Waals surface area contributed by atoms with E-state index in [0.29, 0.717) is 24.5 Å². The Labute approximate surface area is 279 Å². The average Bonchev–Trinajstić information content (AvgIpc) is 3.05. The summed E-state index contributed by atoms with van der Waals surface area (Å²) < 4.78 is 55.6. The van der Waals surface area contributed by atoms with E-state index in [-0.39, 0.29) is 54.7 Å². The van der Waals surface area contributed by atoms with Crippen LogP contribution in [0.15, 0.2) is 42.5 Å². The maximum Gasteiger partial charge on any atom is 0.389 e. The molecule has 0 fully saturated rings. The van der Waals surface area contributed by atoms with Gasteiger partial charge in [0.1, 0.15) is 11.5 Å². The van der Waals surface area contributed by atoms with E-state index in [9.17, 15) is 32.7 Å². The van der Waals surface area contributed by atoms with Gasteiger partial charge in [0, 0.05) is 50.5 Å². The van der Waals surface area contributed by atoms with E-state index in [1.165, 1.54) is 28.0 Å². The number of hydrogen-bond acceptors (Lipinski definition) is 7. The van der Waals surface area contributed by atoms with Crippen LogP contribution in [0.5, 0.6) is 11.5 Å². The van der Waals surface area contributed by atoms with Crippen LogP contribution in [0.2, 0.25) is 0 Å². The van der Waals surface area contributed by atoms with Gasteiger partial charge in [0.2, 0.25) is 5.91 Å². The van der Waals surface area contributed by atoms with Gasteiger partial charge >= 0.3 is 12.2 Å². The minimum Gasteiger partial charge on any atom is -0.497 e. The number of methoxy groups -OCH3 is 1. The summed E-state index contributed by atoms with van der Waals surface area (Å²) >= 11 is 0. The molecule has 11 nitrogen and oxygen atoms in total. The molecule has 0 bridgehead atoms. The zero-order valence-corrected chi connectivity index (χ0v) is 28.1. The molecule has 4 amide bonds. The number of carbonyl (C=O) groups excluding carboxylic acids is 3. The molecule has 1 aliphatic heterocycles. The highest BCUT2D eigenvalue weighted by atomic mass is 19.4. The Morgan fingerprint density at radius 3 is 2.44 bits per heavy atom. The summed E-state index contributed by atoms with van der Waals surface area (Å²) in [6, 6.07) is 10.3. The maximum absolute atomic E-state index is 14.2. The third kappa shape index (κ3) is 11.9. The molecule has 4 atom stereocenters. The second kappa shape index (κ2) is 17.9. The van der Waals surface area contributed by atoms with Gasteiger partial charge in [-0.15, -0.1) is 0 Å². The average molecular weight is 681 g/mol. The Kier molecular flexibility index (Phi) is 14.3. The molecule has 48 heavy (non-hydrogen) atoms. The van der Waals surface area contributed by atoms with Crippen LogP contribution in [0.3, 0.4) is 0 Å². The van der Waals surface area contributed by atoms with Crippen molar-refractivity contribution in [3.05, 3.63) is 48.0 Å². The Morgan fingerprint density at radius 2 is 1.79 bits per heavy atom. The third-order valence-electron chi connectivity index (χ3n) is 8.11. The van der Waals surface area contributed by atoms with Crippen LogP contribution >= 0.6 is 0 Å². The number of urea groups is 1. The van der Waals surface area contributed by atoms with Crippen molar-refractivity contribution in [2.45, 2.75) is 77.3 Å². The fraction of sp³-hybridized carbons (Fsp3) is 0.559. The van der Waals surface area contributed by atoms with Crippen molar-refractivity contribution in [1.29, 1.82) is 0 Å². The minimum absolute atomic E-state index is 0.0912. The van der Waals surface area contributed by atoms with Crippen molar-refractivity contribution >= 4 is 29.2 Å². The SMILES string of the molecule is COc1ccc(NC(=O)N(C)C[C@H]2OCCCC[C@H](C)Oc3ccc(NC(=O)CCC(F)(F)F)cc3C(=O)N([C@@H](C)CO)C[C@@H]2C)cc1. The Bertz CT molecular complexity index is 1360. The van der Waals surface area contributed by atoms with E-state index >= 15 is 0 Å². The van der Waals surface area contributed by atoms with Gasteiger partial charge in [0.05, 0.1) is 44.0 Å². The molecule has 0 spiro atoms. The van der Waals surface area contributed by atoms with Crippen LogP contribution in [0.1, 0.15) is 63.2 Å². The number of aliphatic hydroxyl groups excluding tert-OH is 1. The number of carbonyl (C=O) groups is 3. The lowest BCUT2D eigenvalue weighted by Gasteiger charge is -2.35. The van der Waals surface area contributed by atoms with Crippen LogP contribution in [0, 0.1) is 5.92 Å². The predicted molar refractivity (Wildman–Crippen MR) is 175 cm³/mol. The van der Waals surface area contributed by atoms with E-state index < -0.39 is 43.0 Å². The van der Waals surface area contributed by atoms with E-state index in [4.69, 9.17) is 14.2 Å². The highest BCUT2D eigenvalue weighted by Gasteiger charge is 2.32. The number of nitrogens with one attached hydrogen (secondary N) is 2. The molecule has 0 radical (unpaired) electrons. The second-order valence-electron chi connectivity index (χ2n) is 12.2. The monoisotopic (exact) mass is 680 g/mol. The standard InChI is InChI=1S/C34H47F3N4O7/c1-22-19-41(23(2)21-42)32(44)28-18-26(38-31(43)15-16-34(35,36)37)11-14-29(28)48-24(3)8-6-7-17-47-30(22)20-40(4)33(45)39-25-9-12-27(46-5)13-10-25/h9-14,18,22-24,30,42H,6-8,15-17,19-21H2,1-5H3,(H,38,43)(H,39,45)/t22-,23-,24-,30+/m0/s1. The van der Waals surface area contributed by atoms with Gasteiger partial charge in [-0.05, 0) is 75.6 Å². The zero-order chi connectivity index (χ0) is 35.4. The lowest BCUT2D eigenvalue weighted by atomic mass is 10.0. The number of benzene rings is 2. The molecular weight excluding hydrogens is 633 g/mol. The van der Waals surface area contributed by atoms with E-state index in [1.54, 1.807) is 45.3 Å². The Hall–Kier alpha value is -4.04. The summed E-state index contributed by atoms with van der Waals surface area (Å²) in [5.74, 6) is -0.744. The number of ether oxygens (including phenoxy) is 3. The van der Waals surface area contributed by atoms with E-state index in [2.05, 4.69) is 10.6 Å². The molecule has 3 N–H and O–H groups in total. The van der Waals surface area contributed by atoms with Crippen LogP contribution in [-0.2, 0) is 9.53 Å². The molecule has 0 unspecified atom stereocenters. The van der Waals surface area contributed by atoms with E-state index in [1.807, 2.05) is 13.8 Å². The normalized spacial score (nSPS) is 20.1. The first-order valence-electron chi connectivity index (χ1n) is 16.1. The number of likely N-dealkylation sites (N-methyl/N-ethyl adjacent to an activating group) is 1. The lowest BCUT2D eigenvalue weighted by Crippen LogP contribution is -2.48. The first-order chi connectivity index (χ1) is 22.7. The topological polar surface area (TPSA) is 130 Å². The van der Waals surface area contributed by atoms with Crippen molar-refractivity contribution in [1.82, 2.24) is 9.80 Å². The quantitative estimate of drug-likeness (QED) is 0.299. The van der Waals surface area contributed by atoms with Crippen LogP contribution in [0.25, 0.3) is 0 Å². The van der Waals surface area contributed by atoms with Gasteiger partial charge in [-0.3, -0.25) is 9.59 Å². The Balaban J connectivity index is 1.86. The summed E-state index contributed by atoms with van der Waals surface area (Å²) in [4.78, 5) is 42.5. The van der Waals surface area contributed by atoms with Gasteiger partial charge in [0.25, 0.3) is 5.91 Å². The highest BCUT2D eigenvalue weighted by molar-refractivity contribution is 5.99. The number of anilines is 2. The summed E-state index contributed by atoms with van der Waals surface area (Å²) in [6.07, 6.45) is -5.15. The van der Waals surface area contributed by atoms with Crippen LogP contribution < -0.4 is 20.1 Å². The van der Waals surface area contributed by atoms with Gasteiger partial charge in [0.15, 0.2) is 0 Å². The van der Waals surface area contributed by atoms with Gasteiger partial charge in [-0.2, -0.15) is 13.2 Å². The fourth-order valence-electron chi connectivity index (χ4n) is 5.19. The molecule has 0 aromatic heterocycles. The lowest BCUT2D eigenvalue weighted by molar-refractivity contribution is -0.142. The fourth-order valence-corrected chi connectivity index (χ4v) is 5.19. The molecule has 1 aliphatic rings. The number of amides is 4. The number of hydrogen-bond donors (Lipinski definition) is 3. The molecule has 0 saturated heterocycles. The van der Waals surface area contributed by atoms with Gasteiger partial charge < -0.3 is 39.8 Å². The number of rotatable bonds is 9. The molecular formula is C34H47F3N4O7. The molecule has 2 aromatic carbocycles. The van der Waals surface area contributed by atoms with Crippen molar-refractivity contribution < 1.29 is 46.9 Å². The number of halogens is 3. The second-order valence-corrected chi connectivity index (χ2v) is 12.2. The minimum atomic E-state index is -4.48. The summed E-state index contributed by atoms with van der Waals surface area (Å²) in [6.45, 7) is 5.86. The molecule has 1 heterocycles. The van der Waals surface area contributed by atoms with Crippen molar-refractivity contribution in [2.75, 3.05) is 51.1 Å². The summed E-state index contributed by atoms with van der Waals surface area (Å²) in [5, 5.41) is 15.4. The predicted octanol–water partition coefficient (Wildman–Crippen LogP) is 5.94. The first-order valence-corrected chi connectivity index (χ1v) is 16.1. The molecule has 3 rings (SSSR count). The van der Waals surface area contributed by atoms with Crippen LogP contribution in [-0.4, -0.2) is 97.6 Å². The Morgan fingerprint density at radius 1 is 1.10 bits per heavy atom. The number of aliphatic hydroxyl groups is 1. The van der Waals surface area contributed by atoms with Crippen molar-refractivity contribution in [2.24, 2.45) is 5.92 Å². The number of fused-ring (bicyclic) bond motifs is 1. The summed E-state index contributed by atoms with van der Waals surface area (Å²) in [7, 11) is 3.21. The third-order valence-corrected chi connectivity index (χ3v) is 8.11. The molecule has 0 saturated carbocycles. The molecule has 266 valence electrons. The molecule has 14 heteroatoms. The maximum atomic E-state index is 14.2. The number of nitrogens with zero attached hydrogens (tertiary/aromatic N) is 2. The number of alkyl halides is 3. The van der Waals surface area contributed by atoms with Gasteiger partial charge in [-0.1, -0.05) is 6.92 Å². The smallest absolute Gasteiger partial charge is 0.389 e. The van der Waals surface area contributed by atoms with E-state index in [0.717, 1.165) is 12.8 Å². The molecule has 0 aliphatic carbocycles. The van der Waals surface area contributed by atoms with Crippen LogP contribution in [0.4, 0.5) is 29.3 Å². The summed E-state index contributed by atoms with van der Waals surface area (Å²) in [5.41, 5.74) is 0.822. The zero-order valence-electron chi connectivity index (χ0n) is 28.1. The first kappa shape index (κ1) is 38.4. The van der Waals surface area contributed by atoms with Gasteiger partial charge in [-0.25, -0.2) is 4.79 Å². The van der Waals surface area contributed by atoms with Crippen molar-refractivity contribution in [3.63, 3.8) is 0 Å². The largest absolute Gasteiger partial charge is 0.497 e.